The van der Waals surface area contributed by atoms with Crippen LogP contribution in [0.3, 0.4) is 0 Å². The van der Waals surface area contributed by atoms with E-state index in [1.807, 2.05) is 30.1 Å². The van der Waals surface area contributed by atoms with E-state index in [0.717, 1.165) is 11.1 Å². The number of anilines is 2. The number of fused-ring (bicyclic) bond motifs is 1. The average molecular weight is 347 g/mol. The first-order chi connectivity index (χ1) is 12.6. The highest BCUT2D eigenvalue weighted by Gasteiger charge is 2.09. The predicted octanol–water partition coefficient (Wildman–Crippen LogP) is 3.27. The van der Waals surface area contributed by atoms with Gasteiger partial charge in [0.25, 0.3) is 5.91 Å². The number of benzene rings is 3. The molecule has 2 amide bonds. The number of likely N-dealkylation sites (N-methyl/N-ethyl adjacent to an activating group) is 1. The van der Waals surface area contributed by atoms with Crippen molar-refractivity contribution in [3.63, 3.8) is 0 Å². The Morgan fingerprint density at radius 3 is 2.31 bits per heavy atom. The summed E-state index contributed by atoms with van der Waals surface area (Å²) in [6.45, 7) is 0.232. The van der Waals surface area contributed by atoms with E-state index in [1.165, 1.54) is 5.39 Å². The van der Waals surface area contributed by atoms with Crippen molar-refractivity contribution >= 4 is 34.0 Å². The lowest BCUT2D eigenvalue weighted by Crippen LogP contribution is -2.30. The van der Waals surface area contributed by atoms with Crippen molar-refractivity contribution in [1.29, 1.82) is 0 Å². The summed E-state index contributed by atoms with van der Waals surface area (Å²) in [5.41, 5.74) is 2.20. The molecule has 0 fully saturated rings. The minimum Gasteiger partial charge on any atom is -0.365 e. The standard InChI is InChI=1S/C21H21N3O2/c1-22-21(26)16-7-10-18(11-8-16)23-20(25)14-24(2)19-12-9-15-5-3-4-6-17(15)13-19/h3-13H,14H2,1-2H3,(H,22,26)(H,23,25). The molecular formula is C21H21N3O2. The van der Waals surface area contributed by atoms with Crippen molar-refractivity contribution < 1.29 is 9.59 Å². The van der Waals surface area contributed by atoms with Crippen LogP contribution in [0.1, 0.15) is 10.4 Å². The zero-order valence-corrected chi connectivity index (χ0v) is 14.8. The summed E-state index contributed by atoms with van der Waals surface area (Å²) in [4.78, 5) is 25.7. The van der Waals surface area contributed by atoms with Crippen molar-refractivity contribution in [2.24, 2.45) is 0 Å². The Hall–Kier alpha value is -3.34. The lowest BCUT2D eigenvalue weighted by Gasteiger charge is -2.19. The van der Waals surface area contributed by atoms with Crippen molar-refractivity contribution in [3.8, 4) is 0 Å². The van der Waals surface area contributed by atoms with E-state index in [2.05, 4.69) is 34.9 Å². The Bertz CT molecular complexity index is 935. The highest BCUT2D eigenvalue weighted by Crippen LogP contribution is 2.21. The SMILES string of the molecule is CNC(=O)c1ccc(NC(=O)CN(C)c2ccc3ccccc3c2)cc1. The molecule has 0 unspecified atom stereocenters. The molecule has 5 heteroatoms. The van der Waals surface area contributed by atoms with Gasteiger partial charge in [0.05, 0.1) is 6.54 Å². The molecule has 0 heterocycles. The second kappa shape index (κ2) is 7.70. The van der Waals surface area contributed by atoms with Crippen molar-refractivity contribution in [1.82, 2.24) is 5.32 Å². The van der Waals surface area contributed by atoms with Crippen LogP contribution in [0, 0.1) is 0 Å². The predicted molar refractivity (Wildman–Crippen MR) is 106 cm³/mol. The highest BCUT2D eigenvalue weighted by atomic mass is 16.2. The third-order valence-corrected chi connectivity index (χ3v) is 4.21. The summed E-state index contributed by atoms with van der Waals surface area (Å²) < 4.78 is 0. The van der Waals surface area contributed by atoms with Crippen LogP contribution in [0.4, 0.5) is 11.4 Å². The van der Waals surface area contributed by atoms with E-state index in [4.69, 9.17) is 0 Å². The number of carbonyl (C=O) groups excluding carboxylic acids is 2. The quantitative estimate of drug-likeness (QED) is 0.745. The topological polar surface area (TPSA) is 61.4 Å². The molecule has 0 atom stereocenters. The van der Waals surface area contributed by atoms with Gasteiger partial charge in [0.15, 0.2) is 0 Å². The minimum absolute atomic E-state index is 0.117. The monoisotopic (exact) mass is 347 g/mol. The van der Waals surface area contributed by atoms with Gasteiger partial charge in [-0.2, -0.15) is 0 Å². The number of amides is 2. The highest BCUT2D eigenvalue weighted by molar-refractivity contribution is 5.97. The third kappa shape index (κ3) is 4.00. The molecule has 5 nitrogen and oxygen atoms in total. The second-order valence-corrected chi connectivity index (χ2v) is 6.09. The van der Waals surface area contributed by atoms with E-state index in [1.54, 1.807) is 31.3 Å². The van der Waals surface area contributed by atoms with Gasteiger partial charge in [-0.3, -0.25) is 9.59 Å². The maximum absolute atomic E-state index is 12.3. The fraction of sp³-hybridized carbons (Fsp3) is 0.143. The number of rotatable bonds is 5. The Morgan fingerprint density at radius 1 is 0.923 bits per heavy atom. The Kier molecular flexibility index (Phi) is 5.17. The van der Waals surface area contributed by atoms with Gasteiger partial charge in [-0.15, -0.1) is 0 Å². The van der Waals surface area contributed by atoms with Gasteiger partial charge in [-0.05, 0) is 47.2 Å². The van der Waals surface area contributed by atoms with E-state index >= 15 is 0 Å². The molecule has 0 bridgehead atoms. The normalized spacial score (nSPS) is 10.4. The summed E-state index contributed by atoms with van der Waals surface area (Å²) >= 11 is 0. The van der Waals surface area contributed by atoms with E-state index in [-0.39, 0.29) is 18.4 Å². The summed E-state index contributed by atoms with van der Waals surface area (Å²) in [6.07, 6.45) is 0. The summed E-state index contributed by atoms with van der Waals surface area (Å²) in [7, 11) is 3.47. The molecule has 0 aromatic heterocycles. The molecule has 3 aromatic carbocycles. The number of nitrogens with zero attached hydrogens (tertiary/aromatic N) is 1. The van der Waals surface area contributed by atoms with Gasteiger partial charge in [0, 0.05) is 31.0 Å². The van der Waals surface area contributed by atoms with Gasteiger partial charge in [0.2, 0.25) is 5.91 Å². The molecule has 2 N–H and O–H groups in total. The Labute approximate surface area is 152 Å². The van der Waals surface area contributed by atoms with Crippen molar-refractivity contribution in [2.75, 3.05) is 30.9 Å². The molecule has 3 rings (SSSR count). The number of carbonyl (C=O) groups is 2. The van der Waals surface area contributed by atoms with Crippen LogP contribution < -0.4 is 15.5 Å². The molecule has 3 aromatic rings. The molecule has 0 aliphatic heterocycles. The average Bonchev–Trinajstić information content (AvgIpc) is 2.67. The maximum atomic E-state index is 12.3. The van der Waals surface area contributed by atoms with Crippen molar-refractivity contribution in [3.05, 3.63) is 72.3 Å². The van der Waals surface area contributed by atoms with E-state index < -0.39 is 0 Å². The van der Waals surface area contributed by atoms with Gasteiger partial charge in [0.1, 0.15) is 0 Å². The Morgan fingerprint density at radius 2 is 1.62 bits per heavy atom. The first kappa shape index (κ1) is 17.5. The maximum Gasteiger partial charge on any atom is 0.251 e. The number of nitrogens with one attached hydrogen (secondary N) is 2. The third-order valence-electron chi connectivity index (χ3n) is 4.21. The van der Waals surface area contributed by atoms with Crippen LogP contribution in [0.2, 0.25) is 0 Å². The molecule has 26 heavy (non-hydrogen) atoms. The first-order valence-corrected chi connectivity index (χ1v) is 8.39. The molecule has 0 saturated carbocycles. The molecular weight excluding hydrogens is 326 g/mol. The lowest BCUT2D eigenvalue weighted by molar-refractivity contribution is -0.114. The number of hydrogen-bond acceptors (Lipinski definition) is 3. The molecule has 0 aliphatic rings. The molecule has 0 aliphatic carbocycles. The summed E-state index contributed by atoms with van der Waals surface area (Å²) in [5, 5.41) is 7.73. The lowest BCUT2D eigenvalue weighted by atomic mass is 10.1. The second-order valence-electron chi connectivity index (χ2n) is 6.09. The first-order valence-electron chi connectivity index (χ1n) is 8.39. The van der Waals surface area contributed by atoms with Crippen LogP contribution in [-0.4, -0.2) is 32.5 Å². The van der Waals surface area contributed by atoms with Crippen molar-refractivity contribution in [2.45, 2.75) is 0 Å². The molecule has 0 radical (unpaired) electrons. The van der Waals surface area contributed by atoms with Crippen LogP contribution in [0.5, 0.6) is 0 Å². The fourth-order valence-electron chi connectivity index (χ4n) is 2.77. The molecule has 132 valence electrons. The van der Waals surface area contributed by atoms with Gasteiger partial charge in [-0.1, -0.05) is 30.3 Å². The molecule has 0 saturated heterocycles. The summed E-state index contributed by atoms with van der Waals surface area (Å²) in [6, 6.07) is 21.1. The molecule has 0 spiro atoms. The van der Waals surface area contributed by atoms with Gasteiger partial charge < -0.3 is 15.5 Å². The smallest absolute Gasteiger partial charge is 0.251 e. The Balaban J connectivity index is 1.64. The van der Waals surface area contributed by atoms with Crippen LogP contribution >= 0.6 is 0 Å². The van der Waals surface area contributed by atoms with Crippen LogP contribution in [-0.2, 0) is 4.79 Å². The zero-order chi connectivity index (χ0) is 18.5. The van der Waals surface area contributed by atoms with Crippen LogP contribution in [0.15, 0.2) is 66.7 Å². The number of hydrogen-bond donors (Lipinski definition) is 2. The largest absolute Gasteiger partial charge is 0.365 e. The van der Waals surface area contributed by atoms with Crippen LogP contribution in [0.25, 0.3) is 10.8 Å². The van der Waals surface area contributed by atoms with Gasteiger partial charge >= 0.3 is 0 Å². The van der Waals surface area contributed by atoms with E-state index in [0.29, 0.717) is 11.3 Å². The van der Waals surface area contributed by atoms with Gasteiger partial charge in [-0.25, -0.2) is 0 Å². The summed E-state index contributed by atoms with van der Waals surface area (Å²) in [5.74, 6) is -0.271. The minimum atomic E-state index is -0.154. The zero-order valence-electron chi connectivity index (χ0n) is 14.8. The fourth-order valence-corrected chi connectivity index (χ4v) is 2.77. The van der Waals surface area contributed by atoms with E-state index in [9.17, 15) is 9.59 Å².